The number of benzene rings is 2. The van der Waals surface area contributed by atoms with Crippen molar-refractivity contribution in [3.05, 3.63) is 94.6 Å². The van der Waals surface area contributed by atoms with E-state index in [4.69, 9.17) is 0 Å². The summed E-state index contributed by atoms with van der Waals surface area (Å²) in [7, 11) is -3.37. The Hall–Kier alpha value is -2.99. The topological polar surface area (TPSA) is 59.1 Å². The van der Waals surface area contributed by atoms with Crippen molar-refractivity contribution in [2.75, 3.05) is 11.0 Å². The molecule has 1 N–H and O–H groups in total. The van der Waals surface area contributed by atoms with Gasteiger partial charge >= 0.3 is 0 Å². The summed E-state index contributed by atoms with van der Waals surface area (Å²) in [5.41, 5.74) is 5.59. The Morgan fingerprint density at radius 1 is 1.04 bits per heavy atom. The number of nitrogens with one attached hydrogen (secondary N) is 1. The number of sulfonamides is 1. The predicted molar refractivity (Wildman–Crippen MR) is 110 cm³/mol. The molecule has 0 atom stereocenters. The zero-order chi connectivity index (χ0) is 19.7. The Bertz CT molecular complexity index is 1190. The smallest absolute Gasteiger partial charge is 0.229 e. The highest BCUT2D eigenvalue weighted by molar-refractivity contribution is 7.92. The van der Waals surface area contributed by atoms with Crippen LogP contribution in [0.2, 0.25) is 0 Å². The van der Waals surface area contributed by atoms with Gasteiger partial charge in [0.1, 0.15) is 5.82 Å². The number of aryl methyl sites for hydroxylation is 1. The van der Waals surface area contributed by atoms with E-state index in [1.54, 1.807) is 30.5 Å². The Kier molecular flexibility index (Phi) is 4.73. The molecule has 0 bridgehead atoms. The second-order valence-electron chi connectivity index (χ2n) is 6.82. The number of nitrogens with zero attached hydrogens (tertiary/aromatic N) is 1. The fourth-order valence-corrected chi connectivity index (χ4v) is 4.12. The first-order chi connectivity index (χ1) is 13.4. The third-order valence-corrected chi connectivity index (χ3v) is 5.31. The van der Waals surface area contributed by atoms with Crippen LogP contribution in [0.4, 0.5) is 10.1 Å². The van der Waals surface area contributed by atoms with Crippen molar-refractivity contribution >= 4 is 27.4 Å². The molecule has 142 valence electrons. The van der Waals surface area contributed by atoms with Crippen LogP contribution in [-0.2, 0) is 22.9 Å². The Morgan fingerprint density at radius 2 is 1.82 bits per heavy atom. The van der Waals surface area contributed by atoms with Gasteiger partial charge in [0.25, 0.3) is 0 Å². The van der Waals surface area contributed by atoms with E-state index in [0.717, 1.165) is 34.2 Å². The zero-order valence-electron chi connectivity index (χ0n) is 15.3. The SMILES string of the molecule is CS(=O)(=O)Nc1cccc(/C=C2\c3cccnc3CCc3c(F)cccc32)c1. The van der Waals surface area contributed by atoms with E-state index in [-0.39, 0.29) is 5.82 Å². The summed E-state index contributed by atoms with van der Waals surface area (Å²) < 4.78 is 40.1. The molecular formula is C22H19FN2O2S. The highest BCUT2D eigenvalue weighted by Crippen LogP contribution is 2.35. The second-order valence-corrected chi connectivity index (χ2v) is 8.57. The number of fused-ring (bicyclic) bond motifs is 2. The van der Waals surface area contributed by atoms with E-state index in [0.29, 0.717) is 24.1 Å². The van der Waals surface area contributed by atoms with Gasteiger partial charge < -0.3 is 0 Å². The summed E-state index contributed by atoms with van der Waals surface area (Å²) in [4.78, 5) is 4.49. The average molecular weight is 394 g/mol. The molecule has 1 heterocycles. The van der Waals surface area contributed by atoms with Crippen LogP contribution in [0.5, 0.6) is 0 Å². The van der Waals surface area contributed by atoms with Crippen molar-refractivity contribution in [1.82, 2.24) is 4.98 Å². The van der Waals surface area contributed by atoms with Gasteiger partial charge in [-0.25, -0.2) is 12.8 Å². The summed E-state index contributed by atoms with van der Waals surface area (Å²) >= 11 is 0. The molecule has 0 spiro atoms. The molecular weight excluding hydrogens is 375 g/mol. The number of halogens is 1. The van der Waals surface area contributed by atoms with Crippen molar-refractivity contribution < 1.29 is 12.8 Å². The highest BCUT2D eigenvalue weighted by Gasteiger charge is 2.21. The molecule has 6 heteroatoms. The van der Waals surface area contributed by atoms with Crippen molar-refractivity contribution in [3.8, 4) is 0 Å². The molecule has 3 aromatic rings. The summed E-state index contributed by atoms with van der Waals surface area (Å²) in [6, 6.07) is 16.1. The van der Waals surface area contributed by atoms with E-state index >= 15 is 0 Å². The van der Waals surface area contributed by atoms with Crippen LogP contribution in [0.15, 0.2) is 60.8 Å². The number of pyridine rings is 1. The highest BCUT2D eigenvalue weighted by atomic mass is 32.2. The van der Waals surface area contributed by atoms with Gasteiger partial charge in [0.05, 0.1) is 6.26 Å². The van der Waals surface area contributed by atoms with E-state index in [2.05, 4.69) is 9.71 Å². The molecule has 0 fully saturated rings. The van der Waals surface area contributed by atoms with E-state index < -0.39 is 10.0 Å². The van der Waals surface area contributed by atoms with Crippen molar-refractivity contribution in [2.45, 2.75) is 12.8 Å². The third-order valence-electron chi connectivity index (χ3n) is 4.70. The molecule has 0 radical (unpaired) electrons. The minimum Gasteiger partial charge on any atom is -0.284 e. The lowest BCUT2D eigenvalue weighted by Crippen LogP contribution is -2.09. The van der Waals surface area contributed by atoms with Crippen LogP contribution in [0.25, 0.3) is 11.6 Å². The zero-order valence-corrected chi connectivity index (χ0v) is 16.1. The summed E-state index contributed by atoms with van der Waals surface area (Å²) in [5.74, 6) is -0.219. The van der Waals surface area contributed by atoms with Crippen LogP contribution in [0.3, 0.4) is 0 Å². The third kappa shape index (κ3) is 3.82. The molecule has 2 aromatic carbocycles. The lowest BCUT2D eigenvalue weighted by Gasteiger charge is -2.12. The normalized spacial score (nSPS) is 14.9. The fourth-order valence-electron chi connectivity index (χ4n) is 3.56. The summed E-state index contributed by atoms with van der Waals surface area (Å²) in [6.45, 7) is 0. The molecule has 1 aliphatic rings. The standard InChI is InChI=1S/C22H19FN2O2S/c1-28(26,27)25-16-6-2-5-15(13-16)14-20-17-7-3-9-21(23)18(17)10-11-22-19(20)8-4-12-24-22/h2-9,12-14,25H,10-11H2,1H3/b20-14-. The second kappa shape index (κ2) is 7.20. The quantitative estimate of drug-likeness (QED) is 0.721. The van der Waals surface area contributed by atoms with Crippen LogP contribution < -0.4 is 4.72 Å². The van der Waals surface area contributed by atoms with Crippen molar-refractivity contribution in [1.29, 1.82) is 0 Å². The molecule has 4 rings (SSSR count). The predicted octanol–water partition coefficient (Wildman–Crippen LogP) is 4.28. The van der Waals surface area contributed by atoms with Gasteiger partial charge in [0, 0.05) is 23.1 Å². The molecule has 1 aliphatic carbocycles. The molecule has 0 amide bonds. The van der Waals surface area contributed by atoms with E-state index in [9.17, 15) is 12.8 Å². The molecule has 4 nitrogen and oxygen atoms in total. The maximum atomic E-state index is 14.5. The van der Waals surface area contributed by atoms with Gasteiger partial charge in [-0.15, -0.1) is 0 Å². The first-order valence-electron chi connectivity index (χ1n) is 8.92. The van der Waals surface area contributed by atoms with Crippen LogP contribution in [0.1, 0.15) is 27.9 Å². The Morgan fingerprint density at radius 3 is 2.64 bits per heavy atom. The number of anilines is 1. The van der Waals surface area contributed by atoms with E-state index in [1.165, 1.54) is 6.07 Å². The number of aromatic nitrogens is 1. The van der Waals surface area contributed by atoms with Gasteiger partial charge in [-0.2, -0.15) is 0 Å². The first kappa shape index (κ1) is 18.4. The number of hydrogen-bond acceptors (Lipinski definition) is 3. The minimum absolute atomic E-state index is 0.219. The number of hydrogen-bond donors (Lipinski definition) is 1. The molecule has 0 aliphatic heterocycles. The monoisotopic (exact) mass is 394 g/mol. The molecule has 0 unspecified atom stereocenters. The lowest BCUT2D eigenvalue weighted by molar-refractivity contribution is 0.606. The van der Waals surface area contributed by atoms with Gasteiger partial charge in [-0.05, 0) is 65.4 Å². The van der Waals surface area contributed by atoms with Gasteiger partial charge in [0.15, 0.2) is 0 Å². The molecule has 1 aromatic heterocycles. The van der Waals surface area contributed by atoms with Crippen molar-refractivity contribution in [2.24, 2.45) is 0 Å². The largest absolute Gasteiger partial charge is 0.284 e. The molecule has 0 saturated carbocycles. The summed E-state index contributed by atoms with van der Waals surface area (Å²) in [5, 5.41) is 0. The maximum absolute atomic E-state index is 14.5. The first-order valence-corrected chi connectivity index (χ1v) is 10.8. The maximum Gasteiger partial charge on any atom is 0.229 e. The lowest BCUT2D eigenvalue weighted by atomic mass is 9.93. The van der Waals surface area contributed by atoms with Gasteiger partial charge in [-0.1, -0.05) is 30.3 Å². The minimum atomic E-state index is -3.37. The van der Waals surface area contributed by atoms with Crippen LogP contribution in [0, 0.1) is 5.82 Å². The Labute approximate surface area is 163 Å². The van der Waals surface area contributed by atoms with Crippen LogP contribution >= 0.6 is 0 Å². The number of rotatable bonds is 3. The van der Waals surface area contributed by atoms with Crippen LogP contribution in [-0.4, -0.2) is 19.7 Å². The van der Waals surface area contributed by atoms with Gasteiger partial charge in [-0.3, -0.25) is 9.71 Å². The van der Waals surface area contributed by atoms with Crippen molar-refractivity contribution in [3.63, 3.8) is 0 Å². The molecule has 28 heavy (non-hydrogen) atoms. The van der Waals surface area contributed by atoms with E-state index in [1.807, 2.05) is 30.3 Å². The fraction of sp³-hybridized carbons (Fsp3) is 0.136. The Balaban J connectivity index is 1.89. The average Bonchev–Trinajstić information content (AvgIpc) is 2.79. The molecule has 0 saturated heterocycles. The van der Waals surface area contributed by atoms with Gasteiger partial charge in [0.2, 0.25) is 10.0 Å². The summed E-state index contributed by atoms with van der Waals surface area (Å²) in [6.07, 6.45) is 6.07.